The average molecular weight is 313 g/mol. The van der Waals surface area contributed by atoms with Crippen LogP contribution in [0.15, 0.2) is 17.6 Å². The van der Waals surface area contributed by atoms with Gasteiger partial charge in [0.1, 0.15) is 0 Å². The third-order valence-corrected chi connectivity index (χ3v) is 4.55. The minimum Gasteiger partial charge on any atom is -0.481 e. The summed E-state index contributed by atoms with van der Waals surface area (Å²) in [4.78, 5) is 20.5. The molecule has 0 radical (unpaired) electrons. The van der Waals surface area contributed by atoms with Crippen LogP contribution < -0.4 is 0 Å². The molecule has 0 spiro atoms. The largest absolute Gasteiger partial charge is 0.481 e. The number of carbonyl (C=O) groups is 1. The summed E-state index contributed by atoms with van der Waals surface area (Å²) in [7, 11) is -3.36. The summed E-state index contributed by atoms with van der Waals surface area (Å²) in [6.45, 7) is 2.25. The lowest BCUT2D eigenvalue weighted by molar-refractivity contribution is -0.137. The van der Waals surface area contributed by atoms with Gasteiger partial charge in [-0.1, -0.05) is 0 Å². The standard InChI is InChI=1S/C13H19N3O4S/c1-21(19,20)13-14-8-11(9-15-13)10-2-5-16(6-3-10)7-4-12(17)18/h8-10H,2-7H2,1H3,(H,17,18). The fourth-order valence-corrected chi connectivity index (χ4v) is 2.96. The monoisotopic (exact) mass is 313 g/mol. The molecule has 21 heavy (non-hydrogen) atoms. The lowest BCUT2D eigenvalue weighted by Crippen LogP contribution is -2.34. The molecule has 1 N–H and O–H groups in total. The molecule has 0 atom stereocenters. The van der Waals surface area contributed by atoms with Crippen molar-refractivity contribution in [3.8, 4) is 0 Å². The Bertz CT molecular complexity index is 592. The molecule has 0 aliphatic carbocycles. The Balaban J connectivity index is 1.92. The van der Waals surface area contributed by atoms with Gasteiger partial charge in [-0.15, -0.1) is 0 Å². The van der Waals surface area contributed by atoms with Gasteiger partial charge >= 0.3 is 5.97 Å². The Morgan fingerprint density at radius 1 is 1.33 bits per heavy atom. The number of carboxylic acid groups (broad SMARTS) is 1. The van der Waals surface area contributed by atoms with Crippen molar-refractivity contribution in [3.05, 3.63) is 18.0 Å². The van der Waals surface area contributed by atoms with Gasteiger partial charge in [0.05, 0.1) is 6.42 Å². The number of carboxylic acids is 1. The molecule has 0 saturated carbocycles. The summed E-state index contributed by atoms with van der Waals surface area (Å²) in [5.74, 6) is -0.471. The smallest absolute Gasteiger partial charge is 0.304 e. The minimum atomic E-state index is -3.36. The number of piperidine rings is 1. The number of aromatic nitrogens is 2. The topological polar surface area (TPSA) is 100 Å². The van der Waals surface area contributed by atoms with Crippen LogP contribution >= 0.6 is 0 Å². The van der Waals surface area contributed by atoms with Crippen LogP contribution in [0.25, 0.3) is 0 Å². The van der Waals surface area contributed by atoms with E-state index >= 15 is 0 Å². The van der Waals surface area contributed by atoms with Crippen molar-refractivity contribution in [2.75, 3.05) is 25.9 Å². The Kier molecular flexibility index (Phi) is 4.89. The van der Waals surface area contributed by atoms with E-state index in [-0.39, 0.29) is 11.6 Å². The lowest BCUT2D eigenvalue weighted by atomic mass is 9.91. The van der Waals surface area contributed by atoms with Gasteiger partial charge in [0, 0.05) is 25.2 Å². The Hall–Kier alpha value is -1.54. The van der Waals surface area contributed by atoms with Crippen molar-refractivity contribution in [1.82, 2.24) is 14.9 Å². The predicted octanol–water partition coefficient (Wildman–Crippen LogP) is 0.534. The van der Waals surface area contributed by atoms with Crippen LogP contribution in [0.3, 0.4) is 0 Å². The maximum absolute atomic E-state index is 11.3. The second-order valence-corrected chi connectivity index (χ2v) is 7.24. The SMILES string of the molecule is CS(=O)(=O)c1ncc(C2CCN(CCC(=O)O)CC2)cn1. The second-order valence-electron chi connectivity index (χ2n) is 5.33. The first-order valence-electron chi connectivity index (χ1n) is 6.82. The van der Waals surface area contributed by atoms with E-state index in [9.17, 15) is 13.2 Å². The fourth-order valence-electron chi connectivity index (χ4n) is 2.47. The normalized spacial score (nSPS) is 17.8. The molecule has 2 rings (SSSR count). The predicted molar refractivity (Wildman–Crippen MR) is 75.8 cm³/mol. The fraction of sp³-hybridized carbons (Fsp3) is 0.615. The summed E-state index contributed by atoms with van der Waals surface area (Å²) in [5.41, 5.74) is 0.945. The molecule has 116 valence electrons. The van der Waals surface area contributed by atoms with E-state index in [4.69, 9.17) is 5.11 Å². The molecule has 1 fully saturated rings. The van der Waals surface area contributed by atoms with Crippen molar-refractivity contribution >= 4 is 15.8 Å². The summed E-state index contributed by atoms with van der Waals surface area (Å²) < 4.78 is 22.6. The van der Waals surface area contributed by atoms with Gasteiger partial charge < -0.3 is 10.0 Å². The molecule has 2 heterocycles. The van der Waals surface area contributed by atoms with Crippen molar-refractivity contribution in [2.24, 2.45) is 0 Å². The van der Waals surface area contributed by atoms with Gasteiger partial charge in [-0.25, -0.2) is 18.4 Å². The highest BCUT2D eigenvalue weighted by Gasteiger charge is 2.22. The van der Waals surface area contributed by atoms with E-state index < -0.39 is 15.8 Å². The molecule has 0 amide bonds. The minimum absolute atomic E-state index is 0.148. The van der Waals surface area contributed by atoms with Crippen molar-refractivity contribution in [1.29, 1.82) is 0 Å². The molecular formula is C13H19N3O4S. The van der Waals surface area contributed by atoms with E-state index in [0.29, 0.717) is 12.5 Å². The molecule has 7 nitrogen and oxygen atoms in total. The van der Waals surface area contributed by atoms with E-state index in [0.717, 1.165) is 37.8 Å². The number of hydrogen-bond donors (Lipinski definition) is 1. The molecule has 1 aromatic rings. The first-order chi connectivity index (χ1) is 9.86. The first kappa shape index (κ1) is 15.8. The Labute approximate surface area is 123 Å². The first-order valence-corrected chi connectivity index (χ1v) is 8.71. The zero-order chi connectivity index (χ0) is 15.5. The van der Waals surface area contributed by atoms with Crippen molar-refractivity contribution in [3.63, 3.8) is 0 Å². The van der Waals surface area contributed by atoms with E-state index in [2.05, 4.69) is 14.9 Å². The maximum Gasteiger partial charge on any atom is 0.304 e. The van der Waals surface area contributed by atoms with Gasteiger partial charge in [-0.2, -0.15) is 0 Å². The number of hydrogen-bond acceptors (Lipinski definition) is 6. The van der Waals surface area contributed by atoms with Crippen LogP contribution in [0.4, 0.5) is 0 Å². The molecule has 0 aromatic carbocycles. The van der Waals surface area contributed by atoms with Gasteiger partial charge in [-0.3, -0.25) is 4.79 Å². The molecule has 0 bridgehead atoms. The second kappa shape index (κ2) is 6.48. The summed E-state index contributed by atoms with van der Waals surface area (Å²) in [5, 5.41) is 8.53. The van der Waals surface area contributed by atoms with Gasteiger partial charge in [-0.05, 0) is 37.4 Å². The Morgan fingerprint density at radius 3 is 2.38 bits per heavy atom. The highest BCUT2D eigenvalue weighted by atomic mass is 32.2. The molecule has 1 aromatic heterocycles. The van der Waals surface area contributed by atoms with Crippen molar-refractivity contribution in [2.45, 2.75) is 30.3 Å². The molecule has 1 aliphatic heterocycles. The number of nitrogens with zero attached hydrogens (tertiary/aromatic N) is 3. The molecular weight excluding hydrogens is 294 g/mol. The summed E-state index contributed by atoms with van der Waals surface area (Å²) >= 11 is 0. The number of aliphatic carboxylic acids is 1. The van der Waals surface area contributed by atoms with Crippen LogP contribution in [-0.2, 0) is 14.6 Å². The zero-order valence-electron chi connectivity index (χ0n) is 11.9. The third kappa shape index (κ3) is 4.47. The molecule has 1 saturated heterocycles. The molecule has 1 aliphatic rings. The zero-order valence-corrected chi connectivity index (χ0v) is 12.7. The van der Waals surface area contributed by atoms with Crippen LogP contribution in [0.5, 0.6) is 0 Å². The molecule has 8 heteroatoms. The number of likely N-dealkylation sites (tertiary alicyclic amines) is 1. The van der Waals surface area contributed by atoms with Crippen LogP contribution in [-0.4, -0.2) is 60.3 Å². The number of rotatable bonds is 5. The van der Waals surface area contributed by atoms with E-state index in [1.807, 2.05) is 0 Å². The Morgan fingerprint density at radius 2 is 1.90 bits per heavy atom. The van der Waals surface area contributed by atoms with Crippen molar-refractivity contribution < 1.29 is 18.3 Å². The summed E-state index contributed by atoms with van der Waals surface area (Å²) in [6.07, 6.45) is 6.23. The summed E-state index contributed by atoms with van der Waals surface area (Å²) in [6, 6.07) is 0. The van der Waals surface area contributed by atoms with E-state index in [1.54, 1.807) is 12.4 Å². The maximum atomic E-state index is 11.3. The molecule has 0 unspecified atom stereocenters. The van der Waals surface area contributed by atoms with Crippen LogP contribution in [0, 0.1) is 0 Å². The van der Waals surface area contributed by atoms with Crippen LogP contribution in [0.2, 0.25) is 0 Å². The van der Waals surface area contributed by atoms with Gasteiger partial charge in [0.25, 0.3) is 0 Å². The lowest BCUT2D eigenvalue weighted by Gasteiger charge is -2.31. The van der Waals surface area contributed by atoms with Gasteiger partial charge in [0.2, 0.25) is 15.0 Å². The third-order valence-electron chi connectivity index (χ3n) is 3.68. The number of sulfone groups is 1. The van der Waals surface area contributed by atoms with Gasteiger partial charge in [0.15, 0.2) is 0 Å². The van der Waals surface area contributed by atoms with Crippen LogP contribution in [0.1, 0.15) is 30.7 Å². The van der Waals surface area contributed by atoms with E-state index in [1.165, 1.54) is 0 Å². The highest BCUT2D eigenvalue weighted by molar-refractivity contribution is 7.90. The average Bonchev–Trinajstić information content (AvgIpc) is 2.45. The quantitative estimate of drug-likeness (QED) is 0.791. The highest BCUT2D eigenvalue weighted by Crippen LogP contribution is 2.27.